The molecule has 0 spiro atoms. The molecule has 0 bridgehead atoms. The van der Waals surface area contributed by atoms with Crippen LogP contribution in [0.4, 0.5) is 0 Å². The second-order valence-electron chi connectivity index (χ2n) is 1.64. The highest BCUT2D eigenvalue weighted by atomic mass is 32.2. The first-order chi connectivity index (χ1) is 5.18. The van der Waals surface area contributed by atoms with Crippen molar-refractivity contribution >= 4 is 19.6 Å². The zero-order valence-corrected chi connectivity index (χ0v) is 8.61. The van der Waals surface area contributed by atoms with Gasteiger partial charge in [-0.3, -0.25) is 13.6 Å². The van der Waals surface area contributed by atoms with Crippen molar-refractivity contribution in [3.05, 3.63) is 0 Å². The van der Waals surface area contributed by atoms with Crippen molar-refractivity contribution in [2.75, 3.05) is 32.8 Å². The summed E-state index contributed by atoms with van der Waals surface area (Å²) in [6.07, 6.45) is 1.94. The summed E-state index contributed by atoms with van der Waals surface area (Å²) in [5, 5.41) is 0. The molecule has 11 heavy (non-hydrogen) atoms. The van der Waals surface area contributed by atoms with E-state index in [0.717, 1.165) is 5.75 Å². The SMILES string of the molecule is COP(=O)(OC)OCCSC. The normalized spacial score (nSPS) is 11.9. The van der Waals surface area contributed by atoms with E-state index < -0.39 is 7.82 Å². The molecule has 0 aliphatic carbocycles. The van der Waals surface area contributed by atoms with Crippen LogP contribution in [0.15, 0.2) is 0 Å². The van der Waals surface area contributed by atoms with E-state index in [4.69, 9.17) is 4.52 Å². The van der Waals surface area contributed by atoms with Gasteiger partial charge in [-0.05, 0) is 6.26 Å². The Balaban J connectivity index is 3.61. The number of rotatable bonds is 6. The molecule has 0 saturated carbocycles. The second-order valence-corrected chi connectivity index (χ2v) is 4.51. The first kappa shape index (κ1) is 11.5. The monoisotopic (exact) mass is 200 g/mol. The topological polar surface area (TPSA) is 44.8 Å². The van der Waals surface area contributed by atoms with Gasteiger partial charge in [0.15, 0.2) is 0 Å². The predicted octanol–water partition coefficient (Wildman–Crippen LogP) is 1.77. The molecule has 0 aromatic rings. The van der Waals surface area contributed by atoms with E-state index in [0.29, 0.717) is 6.61 Å². The molecule has 0 aromatic heterocycles. The van der Waals surface area contributed by atoms with Gasteiger partial charge in [-0.2, -0.15) is 11.8 Å². The van der Waals surface area contributed by atoms with Gasteiger partial charge in [0.2, 0.25) is 0 Å². The smallest absolute Gasteiger partial charge is 0.290 e. The first-order valence-electron chi connectivity index (χ1n) is 3.03. The molecule has 6 heteroatoms. The Morgan fingerprint density at radius 1 is 1.36 bits per heavy atom. The molecule has 0 fully saturated rings. The summed E-state index contributed by atoms with van der Waals surface area (Å²) in [5.41, 5.74) is 0. The van der Waals surface area contributed by atoms with Crippen LogP contribution in [-0.4, -0.2) is 32.8 Å². The second kappa shape index (κ2) is 6.03. The van der Waals surface area contributed by atoms with Crippen molar-refractivity contribution in [3.63, 3.8) is 0 Å². The minimum Gasteiger partial charge on any atom is -0.290 e. The molecule has 0 N–H and O–H groups in total. The molecule has 0 rings (SSSR count). The molecule has 0 saturated heterocycles. The molecular formula is C5H13O4PS. The molecule has 0 unspecified atom stereocenters. The van der Waals surface area contributed by atoms with Gasteiger partial charge in [-0.15, -0.1) is 0 Å². The van der Waals surface area contributed by atoms with Crippen molar-refractivity contribution in [2.24, 2.45) is 0 Å². The molecule has 4 nitrogen and oxygen atoms in total. The van der Waals surface area contributed by atoms with E-state index >= 15 is 0 Å². The Bertz CT molecular complexity index is 132. The van der Waals surface area contributed by atoms with E-state index in [1.165, 1.54) is 14.2 Å². The van der Waals surface area contributed by atoms with Crippen LogP contribution >= 0.6 is 19.6 Å². The van der Waals surface area contributed by atoms with E-state index in [9.17, 15) is 4.57 Å². The van der Waals surface area contributed by atoms with Gasteiger partial charge in [-0.1, -0.05) is 0 Å². The van der Waals surface area contributed by atoms with E-state index in [-0.39, 0.29) is 0 Å². The standard InChI is InChI=1S/C5H13O4PS/c1-7-10(6,8-2)9-4-5-11-3/h4-5H2,1-3H3. The van der Waals surface area contributed by atoms with Crippen LogP contribution in [0.25, 0.3) is 0 Å². The van der Waals surface area contributed by atoms with Crippen LogP contribution in [-0.2, 0) is 18.1 Å². The minimum absolute atomic E-state index is 0.375. The van der Waals surface area contributed by atoms with Crippen molar-refractivity contribution in [2.45, 2.75) is 0 Å². The third kappa shape index (κ3) is 4.82. The molecule has 0 aliphatic heterocycles. The average molecular weight is 200 g/mol. The lowest BCUT2D eigenvalue weighted by Gasteiger charge is -2.12. The number of phosphoric acid groups is 1. The Hall–Kier alpha value is 0.460. The zero-order valence-electron chi connectivity index (χ0n) is 6.90. The minimum atomic E-state index is -3.22. The number of hydrogen-bond acceptors (Lipinski definition) is 5. The van der Waals surface area contributed by atoms with E-state index in [1.54, 1.807) is 11.8 Å². The Labute approximate surface area is 71.2 Å². The summed E-state index contributed by atoms with van der Waals surface area (Å²) in [6.45, 7) is 0.375. The first-order valence-corrected chi connectivity index (χ1v) is 5.89. The lowest BCUT2D eigenvalue weighted by atomic mass is 10.9. The zero-order chi connectivity index (χ0) is 8.74. The summed E-state index contributed by atoms with van der Waals surface area (Å²) >= 11 is 1.61. The number of phosphoric ester groups is 1. The highest BCUT2D eigenvalue weighted by Crippen LogP contribution is 2.47. The lowest BCUT2D eigenvalue weighted by molar-refractivity contribution is 0.159. The summed E-state index contributed by atoms with van der Waals surface area (Å²) in [7, 11) is -0.634. The summed E-state index contributed by atoms with van der Waals surface area (Å²) < 4.78 is 25.1. The molecular weight excluding hydrogens is 187 g/mol. The Morgan fingerprint density at radius 3 is 2.27 bits per heavy atom. The van der Waals surface area contributed by atoms with Gasteiger partial charge < -0.3 is 0 Å². The van der Waals surface area contributed by atoms with Gasteiger partial charge in [0.1, 0.15) is 0 Å². The van der Waals surface area contributed by atoms with Crippen LogP contribution in [0.2, 0.25) is 0 Å². The van der Waals surface area contributed by atoms with Gasteiger partial charge in [-0.25, -0.2) is 4.57 Å². The molecule has 0 amide bonds. The molecule has 0 atom stereocenters. The van der Waals surface area contributed by atoms with Gasteiger partial charge in [0.05, 0.1) is 6.61 Å². The van der Waals surface area contributed by atoms with Crippen LogP contribution < -0.4 is 0 Å². The summed E-state index contributed by atoms with van der Waals surface area (Å²) in [4.78, 5) is 0. The fraction of sp³-hybridized carbons (Fsp3) is 1.00. The van der Waals surface area contributed by atoms with Gasteiger partial charge in [0.25, 0.3) is 0 Å². The van der Waals surface area contributed by atoms with Crippen LogP contribution in [0.1, 0.15) is 0 Å². The van der Waals surface area contributed by atoms with Crippen molar-refractivity contribution in [3.8, 4) is 0 Å². The number of hydrogen-bond donors (Lipinski definition) is 0. The van der Waals surface area contributed by atoms with Crippen molar-refractivity contribution < 1.29 is 18.1 Å². The van der Waals surface area contributed by atoms with Crippen LogP contribution in [0.5, 0.6) is 0 Å². The maximum atomic E-state index is 11.1. The average Bonchev–Trinajstić information content (AvgIpc) is 2.05. The Kier molecular flexibility index (Phi) is 6.28. The maximum absolute atomic E-state index is 11.1. The highest BCUT2D eigenvalue weighted by molar-refractivity contribution is 7.98. The van der Waals surface area contributed by atoms with Crippen LogP contribution in [0.3, 0.4) is 0 Å². The van der Waals surface area contributed by atoms with E-state index in [1.807, 2.05) is 6.26 Å². The fourth-order valence-corrected chi connectivity index (χ4v) is 1.46. The molecule has 0 heterocycles. The number of thioether (sulfide) groups is 1. The van der Waals surface area contributed by atoms with Gasteiger partial charge in [0, 0.05) is 20.0 Å². The maximum Gasteiger partial charge on any atom is 0.474 e. The van der Waals surface area contributed by atoms with Crippen molar-refractivity contribution in [1.29, 1.82) is 0 Å². The molecule has 0 aliphatic rings. The predicted molar refractivity (Wildman–Crippen MR) is 46.0 cm³/mol. The van der Waals surface area contributed by atoms with Crippen molar-refractivity contribution in [1.82, 2.24) is 0 Å². The molecule has 0 radical (unpaired) electrons. The lowest BCUT2D eigenvalue weighted by Crippen LogP contribution is -1.98. The molecule has 0 aromatic carbocycles. The summed E-state index contributed by atoms with van der Waals surface area (Å²) in [6, 6.07) is 0. The fourth-order valence-electron chi connectivity index (χ4n) is 0.412. The van der Waals surface area contributed by atoms with E-state index in [2.05, 4.69) is 9.05 Å². The van der Waals surface area contributed by atoms with Crippen LogP contribution in [0, 0.1) is 0 Å². The highest BCUT2D eigenvalue weighted by Gasteiger charge is 2.21. The Morgan fingerprint density at radius 2 is 1.91 bits per heavy atom. The summed E-state index contributed by atoms with van der Waals surface area (Å²) in [5.74, 6) is 0.775. The third-order valence-electron chi connectivity index (χ3n) is 0.984. The van der Waals surface area contributed by atoms with Gasteiger partial charge >= 0.3 is 7.82 Å². The third-order valence-corrected chi connectivity index (χ3v) is 2.95. The largest absolute Gasteiger partial charge is 0.474 e. The molecule has 68 valence electrons. The quantitative estimate of drug-likeness (QED) is 0.483.